The van der Waals surface area contributed by atoms with Gasteiger partial charge in [-0.25, -0.2) is 0 Å². The van der Waals surface area contributed by atoms with Gasteiger partial charge in [0, 0.05) is 29.0 Å². The lowest BCUT2D eigenvalue weighted by Crippen LogP contribution is -2.36. The number of carbonyl (C=O) groups excluding carboxylic acids is 1. The normalized spacial score (nSPS) is 20.1. The van der Waals surface area contributed by atoms with Crippen LogP contribution in [0.25, 0.3) is 0 Å². The Bertz CT molecular complexity index is 856. The SMILES string of the molecule is O=C1C[C@@H](c2ccc(I)cc2)c2c(nc(N3CCCCC3)[nH]c2=O)N1. The van der Waals surface area contributed by atoms with E-state index in [4.69, 9.17) is 0 Å². The third-order valence-corrected chi connectivity index (χ3v) is 5.59. The maximum absolute atomic E-state index is 12.8. The monoisotopic (exact) mass is 450 g/mol. The molecule has 2 aliphatic heterocycles. The van der Waals surface area contributed by atoms with E-state index in [2.05, 4.69) is 42.8 Å². The van der Waals surface area contributed by atoms with Crippen LogP contribution in [0.1, 0.15) is 42.7 Å². The van der Waals surface area contributed by atoms with Gasteiger partial charge in [-0.1, -0.05) is 12.1 Å². The average molecular weight is 450 g/mol. The van der Waals surface area contributed by atoms with E-state index in [1.165, 1.54) is 6.42 Å². The summed E-state index contributed by atoms with van der Waals surface area (Å²) in [5, 5.41) is 2.79. The molecule has 25 heavy (non-hydrogen) atoms. The molecule has 0 unspecified atom stereocenters. The van der Waals surface area contributed by atoms with Crippen molar-refractivity contribution in [2.75, 3.05) is 23.3 Å². The van der Waals surface area contributed by atoms with Gasteiger partial charge in [0.15, 0.2) is 0 Å². The fourth-order valence-electron chi connectivity index (χ4n) is 3.59. The number of amides is 1. The van der Waals surface area contributed by atoms with Gasteiger partial charge in [-0.15, -0.1) is 0 Å². The number of piperidine rings is 1. The zero-order chi connectivity index (χ0) is 17.4. The van der Waals surface area contributed by atoms with E-state index in [0.717, 1.165) is 35.1 Å². The number of H-pyrrole nitrogens is 1. The number of nitrogens with one attached hydrogen (secondary N) is 2. The maximum atomic E-state index is 12.8. The van der Waals surface area contributed by atoms with Crippen LogP contribution in [-0.2, 0) is 4.79 Å². The molecule has 1 fully saturated rings. The molecule has 0 radical (unpaired) electrons. The highest BCUT2D eigenvalue weighted by molar-refractivity contribution is 14.1. The van der Waals surface area contributed by atoms with Crippen LogP contribution in [0.4, 0.5) is 11.8 Å². The van der Waals surface area contributed by atoms with Gasteiger partial charge in [0.2, 0.25) is 11.9 Å². The predicted octanol–water partition coefficient (Wildman–Crippen LogP) is 2.84. The number of halogens is 1. The molecule has 2 N–H and O–H groups in total. The molecule has 130 valence electrons. The fourth-order valence-corrected chi connectivity index (χ4v) is 3.95. The Hall–Kier alpha value is -1.90. The van der Waals surface area contributed by atoms with Crippen LogP contribution in [-0.4, -0.2) is 29.0 Å². The van der Waals surface area contributed by atoms with Crippen molar-refractivity contribution in [3.8, 4) is 0 Å². The maximum Gasteiger partial charge on any atom is 0.258 e. The Morgan fingerprint density at radius 3 is 2.52 bits per heavy atom. The number of aromatic amines is 1. The van der Waals surface area contributed by atoms with Crippen LogP contribution in [0.3, 0.4) is 0 Å². The number of aromatic nitrogens is 2. The lowest BCUT2D eigenvalue weighted by Gasteiger charge is -2.29. The van der Waals surface area contributed by atoms with E-state index in [-0.39, 0.29) is 23.8 Å². The predicted molar refractivity (Wildman–Crippen MR) is 105 cm³/mol. The van der Waals surface area contributed by atoms with Crippen LogP contribution in [0.15, 0.2) is 29.1 Å². The molecule has 4 rings (SSSR count). The quantitative estimate of drug-likeness (QED) is 0.690. The Balaban J connectivity index is 1.77. The molecule has 1 saturated heterocycles. The summed E-state index contributed by atoms with van der Waals surface area (Å²) in [6.07, 6.45) is 3.66. The topological polar surface area (TPSA) is 78.1 Å². The van der Waals surface area contributed by atoms with E-state index in [0.29, 0.717) is 17.3 Å². The Morgan fingerprint density at radius 1 is 1.08 bits per heavy atom. The standard InChI is InChI=1S/C18H19IN4O2/c19-12-6-4-11(5-7-12)13-10-14(24)20-16-15(13)17(25)22-18(21-16)23-8-2-1-3-9-23/h4-7,13H,1-3,8-10H2,(H2,20,21,22,24,25)/t13-/m0/s1. The lowest BCUT2D eigenvalue weighted by atomic mass is 9.87. The average Bonchev–Trinajstić information content (AvgIpc) is 2.62. The molecule has 0 saturated carbocycles. The zero-order valence-corrected chi connectivity index (χ0v) is 15.9. The molecule has 0 bridgehead atoms. The van der Waals surface area contributed by atoms with Crippen molar-refractivity contribution < 1.29 is 4.79 Å². The molecule has 7 heteroatoms. The van der Waals surface area contributed by atoms with E-state index >= 15 is 0 Å². The molecule has 0 aliphatic carbocycles. The molecule has 1 aromatic heterocycles. The Kier molecular flexibility index (Phi) is 4.49. The molecule has 6 nitrogen and oxygen atoms in total. The molecular formula is C18H19IN4O2. The number of rotatable bonds is 2. The number of hydrogen-bond donors (Lipinski definition) is 2. The Labute approximate surface area is 159 Å². The number of hydrogen-bond acceptors (Lipinski definition) is 4. The number of carbonyl (C=O) groups is 1. The van der Waals surface area contributed by atoms with Crippen molar-refractivity contribution in [2.45, 2.75) is 31.6 Å². The molecule has 3 heterocycles. The van der Waals surface area contributed by atoms with Gasteiger partial charge in [0.1, 0.15) is 5.82 Å². The highest BCUT2D eigenvalue weighted by Crippen LogP contribution is 2.34. The van der Waals surface area contributed by atoms with Gasteiger partial charge >= 0.3 is 0 Å². The van der Waals surface area contributed by atoms with Crippen molar-refractivity contribution in [3.05, 3.63) is 49.3 Å². The summed E-state index contributed by atoms with van der Waals surface area (Å²) >= 11 is 2.24. The Morgan fingerprint density at radius 2 is 1.80 bits per heavy atom. The number of benzene rings is 1. The summed E-state index contributed by atoms with van der Waals surface area (Å²) in [4.78, 5) is 34.6. The second-order valence-corrected chi connectivity index (χ2v) is 7.80. The van der Waals surface area contributed by atoms with E-state index in [1.807, 2.05) is 24.3 Å². The van der Waals surface area contributed by atoms with E-state index in [1.54, 1.807) is 0 Å². The van der Waals surface area contributed by atoms with E-state index < -0.39 is 0 Å². The van der Waals surface area contributed by atoms with E-state index in [9.17, 15) is 9.59 Å². The first kappa shape index (κ1) is 16.6. The first-order chi connectivity index (χ1) is 12.1. The molecule has 2 aliphatic rings. The number of anilines is 2. The van der Waals surface area contributed by atoms with Gasteiger partial charge < -0.3 is 10.2 Å². The van der Waals surface area contributed by atoms with Gasteiger partial charge in [-0.05, 0) is 59.5 Å². The summed E-state index contributed by atoms with van der Waals surface area (Å²) in [5.41, 5.74) is 1.37. The third kappa shape index (κ3) is 3.29. The third-order valence-electron chi connectivity index (χ3n) is 4.87. The van der Waals surface area contributed by atoms with Crippen molar-refractivity contribution in [3.63, 3.8) is 0 Å². The van der Waals surface area contributed by atoms with Crippen LogP contribution in [0, 0.1) is 3.57 Å². The van der Waals surface area contributed by atoms with Crippen molar-refractivity contribution >= 4 is 40.3 Å². The highest BCUT2D eigenvalue weighted by Gasteiger charge is 2.31. The molecule has 1 aromatic carbocycles. The van der Waals surface area contributed by atoms with Gasteiger partial charge in [-0.2, -0.15) is 4.98 Å². The summed E-state index contributed by atoms with van der Waals surface area (Å²) in [6.45, 7) is 1.77. The second-order valence-electron chi connectivity index (χ2n) is 6.56. The fraction of sp³-hybridized carbons (Fsp3) is 0.389. The van der Waals surface area contributed by atoms with Crippen LogP contribution >= 0.6 is 22.6 Å². The minimum Gasteiger partial charge on any atom is -0.342 e. The lowest BCUT2D eigenvalue weighted by molar-refractivity contribution is -0.116. The summed E-state index contributed by atoms with van der Waals surface area (Å²) in [6, 6.07) is 7.94. The van der Waals surface area contributed by atoms with Crippen LogP contribution < -0.4 is 15.8 Å². The zero-order valence-electron chi connectivity index (χ0n) is 13.7. The van der Waals surface area contributed by atoms with Crippen molar-refractivity contribution in [1.29, 1.82) is 0 Å². The molecule has 0 spiro atoms. The first-order valence-electron chi connectivity index (χ1n) is 8.56. The second kappa shape index (κ2) is 6.78. The molecule has 1 amide bonds. The first-order valence-corrected chi connectivity index (χ1v) is 9.64. The van der Waals surface area contributed by atoms with Gasteiger partial charge in [0.25, 0.3) is 5.56 Å². The summed E-state index contributed by atoms with van der Waals surface area (Å²) < 4.78 is 1.12. The largest absolute Gasteiger partial charge is 0.342 e. The van der Waals surface area contributed by atoms with Gasteiger partial charge in [0.05, 0.1) is 5.56 Å². The summed E-state index contributed by atoms with van der Waals surface area (Å²) in [5.74, 6) is 0.613. The summed E-state index contributed by atoms with van der Waals surface area (Å²) in [7, 11) is 0. The minimum atomic E-state index is -0.257. The molecular weight excluding hydrogens is 431 g/mol. The van der Waals surface area contributed by atoms with Gasteiger partial charge in [-0.3, -0.25) is 14.6 Å². The van der Waals surface area contributed by atoms with Crippen molar-refractivity contribution in [1.82, 2.24) is 9.97 Å². The van der Waals surface area contributed by atoms with Crippen LogP contribution in [0.5, 0.6) is 0 Å². The highest BCUT2D eigenvalue weighted by atomic mass is 127. The minimum absolute atomic E-state index is 0.0984. The van der Waals surface area contributed by atoms with Crippen molar-refractivity contribution in [2.24, 2.45) is 0 Å². The smallest absolute Gasteiger partial charge is 0.258 e. The number of nitrogens with zero attached hydrogens (tertiary/aromatic N) is 2. The molecule has 1 atom stereocenters. The number of fused-ring (bicyclic) bond motifs is 1. The molecule has 2 aromatic rings. The van der Waals surface area contributed by atoms with Crippen LogP contribution in [0.2, 0.25) is 0 Å².